The minimum atomic E-state index is -0.838. The molecule has 0 aromatic heterocycles. The first-order valence-electron chi connectivity index (χ1n) is 10.4. The lowest BCUT2D eigenvalue weighted by molar-refractivity contribution is -0.152. The Balaban J connectivity index is 1.46. The SMILES string of the molecule is N#Cc1ccc(NC(=O)COC(=O)[C@@H]2Cc3ccccc3CN2C(=O)c2ccccc2)cc1. The fourth-order valence-corrected chi connectivity index (χ4v) is 3.75. The van der Waals surface area contributed by atoms with Gasteiger partial charge in [-0.05, 0) is 47.5 Å². The van der Waals surface area contributed by atoms with E-state index in [4.69, 9.17) is 10.00 Å². The van der Waals surface area contributed by atoms with Gasteiger partial charge in [-0.3, -0.25) is 9.59 Å². The Bertz CT molecular complexity index is 1220. The maximum atomic E-state index is 13.2. The van der Waals surface area contributed by atoms with Gasteiger partial charge in [0.15, 0.2) is 6.61 Å². The number of ether oxygens (including phenoxy) is 1. The van der Waals surface area contributed by atoms with Gasteiger partial charge in [-0.1, -0.05) is 42.5 Å². The molecule has 0 bridgehead atoms. The van der Waals surface area contributed by atoms with Gasteiger partial charge >= 0.3 is 5.97 Å². The first-order chi connectivity index (χ1) is 16.0. The van der Waals surface area contributed by atoms with Crippen LogP contribution in [-0.4, -0.2) is 35.3 Å². The fourth-order valence-electron chi connectivity index (χ4n) is 3.75. The summed E-state index contributed by atoms with van der Waals surface area (Å²) in [7, 11) is 0. The highest BCUT2D eigenvalue weighted by atomic mass is 16.5. The van der Waals surface area contributed by atoms with Crippen LogP contribution < -0.4 is 5.32 Å². The van der Waals surface area contributed by atoms with Crippen LogP contribution in [0.1, 0.15) is 27.0 Å². The molecule has 1 heterocycles. The smallest absolute Gasteiger partial charge is 0.329 e. The van der Waals surface area contributed by atoms with E-state index < -0.39 is 24.5 Å². The Kier molecular flexibility index (Phi) is 6.46. The molecule has 164 valence electrons. The van der Waals surface area contributed by atoms with Crippen molar-refractivity contribution in [3.63, 3.8) is 0 Å². The third kappa shape index (κ3) is 5.08. The molecule has 1 aliphatic heterocycles. The van der Waals surface area contributed by atoms with Crippen molar-refractivity contribution in [2.24, 2.45) is 0 Å². The number of hydrogen-bond donors (Lipinski definition) is 1. The predicted octanol–water partition coefficient (Wildman–Crippen LogP) is 3.31. The van der Waals surface area contributed by atoms with Crippen molar-refractivity contribution >= 4 is 23.5 Å². The van der Waals surface area contributed by atoms with Gasteiger partial charge in [-0.25, -0.2) is 4.79 Å². The predicted molar refractivity (Wildman–Crippen MR) is 121 cm³/mol. The topological polar surface area (TPSA) is 99.5 Å². The molecule has 33 heavy (non-hydrogen) atoms. The Morgan fingerprint density at radius 2 is 1.61 bits per heavy atom. The number of rotatable bonds is 5. The average Bonchev–Trinajstić information content (AvgIpc) is 2.87. The molecule has 0 saturated heterocycles. The minimum Gasteiger partial charge on any atom is -0.454 e. The molecular weight excluding hydrogens is 418 g/mol. The van der Waals surface area contributed by atoms with E-state index in [0.717, 1.165) is 11.1 Å². The lowest BCUT2D eigenvalue weighted by Crippen LogP contribution is -2.49. The van der Waals surface area contributed by atoms with Crippen LogP contribution >= 0.6 is 0 Å². The van der Waals surface area contributed by atoms with E-state index in [1.807, 2.05) is 36.4 Å². The van der Waals surface area contributed by atoms with Crippen molar-refractivity contribution in [1.29, 1.82) is 5.26 Å². The highest BCUT2D eigenvalue weighted by molar-refractivity contribution is 5.98. The number of nitrogens with one attached hydrogen (secondary N) is 1. The van der Waals surface area contributed by atoms with Crippen LogP contribution in [0.25, 0.3) is 0 Å². The van der Waals surface area contributed by atoms with Crippen LogP contribution in [0.15, 0.2) is 78.9 Å². The maximum absolute atomic E-state index is 13.2. The van der Waals surface area contributed by atoms with Gasteiger partial charge in [0.25, 0.3) is 11.8 Å². The summed E-state index contributed by atoms with van der Waals surface area (Å²) in [6.45, 7) is -0.203. The summed E-state index contributed by atoms with van der Waals surface area (Å²) in [4.78, 5) is 39.9. The Morgan fingerprint density at radius 1 is 0.939 bits per heavy atom. The lowest BCUT2D eigenvalue weighted by atomic mass is 9.93. The molecule has 4 rings (SSSR count). The Morgan fingerprint density at radius 3 is 2.30 bits per heavy atom. The van der Waals surface area contributed by atoms with E-state index in [2.05, 4.69) is 5.32 Å². The van der Waals surface area contributed by atoms with E-state index in [0.29, 0.717) is 23.2 Å². The van der Waals surface area contributed by atoms with Gasteiger partial charge in [0.05, 0.1) is 11.6 Å². The quantitative estimate of drug-likeness (QED) is 0.615. The monoisotopic (exact) mass is 439 g/mol. The number of carbonyl (C=O) groups excluding carboxylic acids is 3. The zero-order valence-electron chi connectivity index (χ0n) is 17.7. The van der Waals surface area contributed by atoms with E-state index in [9.17, 15) is 14.4 Å². The standard InChI is InChI=1S/C26H21N3O4/c27-15-18-10-12-22(13-11-18)28-24(30)17-33-26(32)23-14-20-8-4-5-9-21(20)16-29(23)25(31)19-6-2-1-3-7-19/h1-13,23H,14,16-17H2,(H,28,30)/t23-/m0/s1. The number of carbonyl (C=O) groups is 3. The van der Waals surface area contributed by atoms with Crippen molar-refractivity contribution in [3.8, 4) is 6.07 Å². The van der Waals surface area contributed by atoms with Crippen LogP contribution in [0.5, 0.6) is 0 Å². The molecular formula is C26H21N3O4. The number of nitriles is 1. The summed E-state index contributed by atoms with van der Waals surface area (Å²) in [6, 6.07) is 23.9. The zero-order valence-corrected chi connectivity index (χ0v) is 17.7. The zero-order chi connectivity index (χ0) is 23.2. The van der Waals surface area contributed by atoms with Crippen LogP contribution in [0.2, 0.25) is 0 Å². The van der Waals surface area contributed by atoms with E-state index in [1.165, 1.54) is 4.90 Å². The fraction of sp³-hybridized carbons (Fsp3) is 0.154. The number of benzene rings is 3. The second-order valence-electron chi connectivity index (χ2n) is 7.63. The highest BCUT2D eigenvalue weighted by Crippen LogP contribution is 2.26. The summed E-state index contributed by atoms with van der Waals surface area (Å²) in [5.74, 6) is -1.41. The molecule has 0 spiro atoms. The summed E-state index contributed by atoms with van der Waals surface area (Å²) in [5, 5.41) is 11.5. The number of hydrogen-bond acceptors (Lipinski definition) is 5. The molecule has 0 aliphatic carbocycles. The van der Waals surface area contributed by atoms with Crippen molar-refractivity contribution in [1.82, 2.24) is 4.90 Å². The van der Waals surface area contributed by atoms with Gasteiger partial charge in [-0.15, -0.1) is 0 Å². The second kappa shape index (κ2) is 9.79. The van der Waals surface area contributed by atoms with Gasteiger partial charge in [0.1, 0.15) is 6.04 Å². The molecule has 3 aromatic rings. The van der Waals surface area contributed by atoms with Gasteiger partial charge in [0, 0.05) is 24.2 Å². The minimum absolute atomic E-state index is 0.269. The molecule has 1 N–H and O–H groups in total. The third-order valence-corrected chi connectivity index (χ3v) is 5.45. The summed E-state index contributed by atoms with van der Waals surface area (Å²) >= 11 is 0. The van der Waals surface area contributed by atoms with E-state index in [-0.39, 0.29) is 12.5 Å². The van der Waals surface area contributed by atoms with Crippen molar-refractivity contribution in [2.75, 3.05) is 11.9 Å². The first-order valence-corrected chi connectivity index (χ1v) is 10.4. The highest BCUT2D eigenvalue weighted by Gasteiger charge is 2.36. The lowest BCUT2D eigenvalue weighted by Gasteiger charge is -2.35. The van der Waals surface area contributed by atoms with Crippen LogP contribution in [0.4, 0.5) is 5.69 Å². The Labute approximate surface area is 191 Å². The molecule has 0 fully saturated rings. The van der Waals surface area contributed by atoms with Crippen molar-refractivity contribution in [2.45, 2.75) is 19.0 Å². The van der Waals surface area contributed by atoms with Crippen molar-refractivity contribution < 1.29 is 19.1 Å². The Hall–Kier alpha value is -4.44. The molecule has 7 heteroatoms. The number of fused-ring (bicyclic) bond motifs is 1. The van der Waals surface area contributed by atoms with Crippen molar-refractivity contribution in [3.05, 3.63) is 101 Å². The van der Waals surface area contributed by atoms with E-state index >= 15 is 0 Å². The third-order valence-electron chi connectivity index (χ3n) is 5.45. The second-order valence-corrected chi connectivity index (χ2v) is 7.63. The molecule has 0 unspecified atom stereocenters. The first kappa shape index (κ1) is 21.8. The molecule has 0 radical (unpaired) electrons. The molecule has 2 amide bonds. The largest absolute Gasteiger partial charge is 0.454 e. The summed E-state index contributed by atoms with van der Waals surface area (Å²) in [6.07, 6.45) is 0.310. The molecule has 1 aliphatic rings. The maximum Gasteiger partial charge on any atom is 0.329 e. The molecule has 7 nitrogen and oxygen atoms in total. The number of nitrogens with zero attached hydrogens (tertiary/aromatic N) is 2. The molecule has 1 atom stereocenters. The number of esters is 1. The molecule has 0 saturated carbocycles. The van der Waals surface area contributed by atoms with Gasteiger partial charge < -0.3 is 15.0 Å². The normalized spacial score (nSPS) is 14.5. The van der Waals surface area contributed by atoms with Crippen LogP contribution in [0, 0.1) is 11.3 Å². The van der Waals surface area contributed by atoms with E-state index in [1.54, 1.807) is 48.5 Å². The number of anilines is 1. The van der Waals surface area contributed by atoms with Crippen LogP contribution in [-0.2, 0) is 27.3 Å². The average molecular weight is 439 g/mol. The summed E-state index contributed by atoms with van der Waals surface area (Å²) in [5.41, 5.74) is 3.39. The van der Waals surface area contributed by atoms with Gasteiger partial charge in [0.2, 0.25) is 0 Å². The van der Waals surface area contributed by atoms with Gasteiger partial charge in [-0.2, -0.15) is 5.26 Å². The van der Waals surface area contributed by atoms with Crippen LogP contribution in [0.3, 0.4) is 0 Å². The summed E-state index contributed by atoms with van der Waals surface area (Å²) < 4.78 is 5.29. The molecule has 3 aromatic carbocycles. The number of amides is 2.